The van der Waals surface area contributed by atoms with E-state index in [-0.39, 0.29) is 45.4 Å². The Labute approximate surface area is 286 Å². The highest BCUT2D eigenvalue weighted by Gasteiger charge is 2.35. The third-order valence-corrected chi connectivity index (χ3v) is 9.87. The molecule has 0 heterocycles. The van der Waals surface area contributed by atoms with Gasteiger partial charge in [-0.15, -0.1) is 0 Å². The Balaban J connectivity index is 1.83. The number of hydrogen-bond acceptors (Lipinski definition) is 4. The van der Waals surface area contributed by atoms with Crippen LogP contribution in [0.3, 0.4) is 0 Å². The van der Waals surface area contributed by atoms with Crippen LogP contribution in [-0.4, -0.2) is 44.3 Å². The number of benzene rings is 4. The molecule has 4 aromatic carbocycles. The summed E-state index contributed by atoms with van der Waals surface area (Å²) in [5, 5.41) is 3.77. The number of rotatable bonds is 13. The molecule has 0 fully saturated rings. The molecule has 4 aromatic rings. The fourth-order valence-electron chi connectivity index (χ4n) is 4.84. The molecule has 7 nitrogen and oxygen atoms in total. The zero-order valence-corrected chi connectivity index (χ0v) is 28.9. The predicted octanol–water partition coefficient (Wildman–Crippen LogP) is 7.56. The number of nitrogens with zero attached hydrogens (tertiary/aromatic N) is 2. The number of hydrogen-bond donors (Lipinski definition) is 1. The number of carbonyl (C=O) groups excluding carboxylic acids is 2. The fourth-order valence-corrected chi connectivity index (χ4v) is 6.94. The maximum absolute atomic E-state index is 14.5. The first kappa shape index (κ1) is 35.3. The van der Waals surface area contributed by atoms with Gasteiger partial charge in [-0.2, -0.15) is 0 Å². The molecule has 0 saturated carbocycles. The lowest BCUT2D eigenvalue weighted by Gasteiger charge is -2.34. The largest absolute Gasteiger partial charge is 0.354 e. The molecule has 2 amide bonds. The molecule has 242 valence electrons. The van der Waals surface area contributed by atoms with Crippen LogP contribution in [0.1, 0.15) is 30.5 Å². The van der Waals surface area contributed by atoms with Crippen LogP contribution in [0.2, 0.25) is 15.1 Å². The van der Waals surface area contributed by atoms with Crippen LogP contribution >= 0.6 is 34.8 Å². The molecule has 0 bridgehead atoms. The SMILES string of the molecule is Cc1ccc(S(=O)(=O)N(CC(=O)N(Cc2ccccc2Cl)[C@@H](Cc2ccccc2)C(=O)NCC(C)C)c2cc(Cl)cc(Cl)c2)cc1. The molecule has 0 saturated heterocycles. The zero-order valence-electron chi connectivity index (χ0n) is 25.8. The number of amides is 2. The van der Waals surface area contributed by atoms with Crippen molar-refractivity contribution in [3.8, 4) is 0 Å². The predicted molar refractivity (Wildman–Crippen MR) is 186 cm³/mol. The van der Waals surface area contributed by atoms with Crippen molar-refractivity contribution < 1.29 is 18.0 Å². The minimum atomic E-state index is -4.30. The van der Waals surface area contributed by atoms with Crippen molar-refractivity contribution in [1.29, 1.82) is 0 Å². The van der Waals surface area contributed by atoms with E-state index in [0.29, 0.717) is 17.1 Å². The molecule has 0 radical (unpaired) electrons. The molecule has 1 N–H and O–H groups in total. The normalized spacial score (nSPS) is 12.1. The zero-order chi connectivity index (χ0) is 33.4. The number of anilines is 1. The Bertz CT molecular complexity index is 1750. The van der Waals surface area contributed by atoms with Crippen LogP contribution < -0.4 is 9.62 Å². The highest BCUT2D eigenvalue weighted by Crippen LogP contribution is 2.31. The minimum Gasteiger partial charge on any atom is -0.354 e. The molecule has 0 aliphatic rings. The van der Waals surface area contributed by atoms with E-state index in [9.17, 15) is 18.0 Å². The van der Waals surface area contributed by atoms with E-state index >= 15 is 0 Å². The molecule has 0 aliphatic carbocycles. The number of aryl methyl sites for hydroxylation is 1. The Morgan fingerprint density at radius 1 is 0.826 bits per heavy atom. The van der Waals surface area contributed by atoms with Crippen LogP contribution in [0, 0.1) is 12.8 Å². The van der Waals surface area contributed by atoms with E-state index in [1.807, 2.05) is 51.1 Å². The first-order valence-electron chi connectivity index (χ1n) is 14.7. The second kappa shape index (κ2) is 15.8. The molecular formula is C35H36Cl3N3O4S. The molecule has 46 heavy (non-hydrogen) atoms. The fraction of sp³-hybridized carbons (Fsp3) is 0.257. The van der Waals surface area contributed by atoms with Gasteiger partial charge in [0.05, 0.1) is 10.6 Å². The van der Waals surface area contributed by atoms with Crippen molar-refractivity contribution in [3.05, 3.63) is 129 Å². The quantitative estimate of drug-likeness (QED) is 0.156. The number of halogens is 3. The first-order chi connectivity index (χ1) is 21.8. The number of sulfonamides is 1. The molecule has 1 atom stereocenters. The molecular weight excluding hydrogens is 665 g/mol. The van der Waals surface area contributed by atoms with Crippen LogP contribution in [0.5, 0.6) is 0 Å². The van der Waals surface area contributed by atoms with E-state index in [1.165, 1.54) is 35.2 Å². The summed E-state index contributed by atoms with van der Waals surface area (Å²) in [6.07, 6.45) is 0.189. The third-order valence-electron chi connectivity index (χ3n) is 7.28. The van der Waals surface area contributed by atoms with E-state index in [1.54, 1.807) is 36.4 Å². The van der Waals surface area contributed by atoms with Gasteiger partial charge in [0.2, 0.25) is 11.8 Å². The van der Waals surface area contributed by atoms with Gasteiger partial charge in [0, 0.05) is 34.6 Å². The molecule has 4 rings (SSSR count). The Hall–Kier alpha value is -3.56. The average Bonchev–Trinajstić information content (AvgIpc) is 3.01. The molecule has 0 unspecified atom stereocenters. The van der Waals surface area contributed by atoms with Crippen molar-refractivity contribution in [2.75, 3.05) is 17.4 Å². The lowest BCUT2D eigenvalue weighted by Crippen LogP contribution is -2.53. The summed E-state index contributed by atoms with van der Waals surface area (Å²) in [4.78, 5) is 29.8. The van der Waals surface area contributed by atoms with Crippen molar-refractivity contribution >= 4 is 62.3 Å². The van der Waals surface area contributed by atoms with Gasteiger partial charge in [-0.25, -0.2) is 8.42 Å². The highest BCUT2D eigenvalue weighted by molar-refractivity contribution is 7.92. The van der Waals surface area contributed by atoms with Crippen molar-refractivity contribution in [2.45, 2.75) is 44.7 Å². The molecule has 0 aliphatic heterocycles. The Kier molecular flexibility index (Phi) is 12.1. The Morgan fingerprint density at radius 2 is 1.43 bits per heavy atom. The standard InChI is InChI=1S/C35H36Cl3N3O4S/c1-24(2)21-39-35(43)33(17-26-9-5-4-6-10-26)40(22-27-11-7-8-12-32(27)38)34(42)23-41(30-19-28(36)18-29(37)20-30)46(44,45)31-15-13-25(3)14-16-31/h4-16,18-20,24,33H,17,21-23H2,1-3H3,(H,39,43)/t33-/m0/s1. The summed E-state index contributed by atoms with van der Waals surface area (Å²) < 4.78 is 29.3. The van der Waals surface area contributed by atoms with Crippen LogP contribution in [0.25, 0.3) is 0 Å². The summed E-state index contributed by atoms with van der Waals surface area (Å²) in [5.41, 5.74) is 2.41. The molecule has 11 heteroatoms. The van der Waals surface area contributed by atoms with Crippen LogP contribution in [0.15, 0.2) is 102 Å². The van der Waals surface area contributed by atoms with Gasteiger partial charge < -0.3 is 10.2 Å². The summed E-state index contributed by atoms with van der Waals surface area (Å²) in [5.74, 6) is -0.819. The average molecular weight is 701 g/mol. The summed E-state index contributed by atoms with van der Waals surface area (Å²) in [6.45, 7) is 5.51. The highest BCUT2D eigenvalue weighted by atomic mass is 35.5. The maximum Gasteiger partial charge on any atom is 0.264 e. The minimum absolute atomic E-state index is 0.0184. The van der Waals surface area contributed by atoms with Crippen molar-refractivity contribution in [3.63, 3.8) is 0 Å². The maximum atomic E-state index is 14.5. The van der Waals surface area contributed by atoms with Gasteiger partial charge in [0.25, 0.3) is 10.0 Å². The number of nitrogens with one attached hydrogen (secondary N) is 1. The van der Waals surface area contributed by atoms with Gasteiger partial charge in [-0.3, -0.25) is 13.9 Å². The topological polar surface area (TPSA) is 86.8 Å². The lowest BCUT2D eigenvalue weighted by atomic mass is 10.0. The van der Waals surface area contributed by atoms with E-state index < -0.39 is 28.5 Å². The van der Waals surface area contributed by atoms with E-state index in [0.717, 1.165) is 15.4 Å². The lowest BCUT2D eigenvalue weighted by molar-refractivity contribution is -0.140. The second-order valence-corrected chi connectivity index (χ2v) is 14.6. The monoisotopic (exact) mass is 699 g/mol. The van der Waals surface area contributed by atoms with Gasteiger partial charge >= 0.3 is 0 Å². The van der Waals surface area contributed by atoms with Gasteiger partial charge in [0.15, 0.2) is 0 Å². The van der Waals surface area contributed by atoms with Crippen molar-refractivity contribution in [2.24, 2.45) is 5.92 Å². The van der Waals surface area contributed by atoms with Crippen LogP contribution in [-0.2, 0) is 32.6 Å². The smallest absolute Gasteiger partial charge is 0.264 e. The van der Waals surface area contributed by atoms with Gasteiger partial charge in [0.1, 0.15) is 12.6 Å². The van der Waals surface area contributed by atoms with E-state index in [2.05, 4.69) is 5.32 Å². The van der Waals surface area contributed by atoms with Gasteiger partial charge in [-0.05, 0) is 60.4 Å². The van der Waals surface area contributed by atoms with Gasteiger partial charge in [-0.1, -0.05) is 115 Å². The van der Waals surface area contributed by atoms with Crippen molar-refractivity contribution in [1.82, 2.24) is 10.2 Å². The Morgan fingerprint density at radius 3 is 2.04 bits per heavy atom. The molecule has 0 spiro atoms. The summed E-state index contributed by atoms with van der Waals surface area (Å²) >= 11 is 19.2. The first-order valence-corrected chi connectivity index (χ1v) is 17.3. The van der Waals surface area contributed by atoms with E-state index in [4.69, 9.17) is 34.8 Å². The summed E-state index contributed by atoms with van der Waals surface area (Å²) in [7, 11) is -4.30. The number of carbonyl (C=O) groups is 2. The van der Waals surface area contributed by atoms with Crippen LogP contribution in [0.4, 0.5) is 5.69 Å². The second-order valence-electron chi connectivity index (χ2n) is 11.4. The molecule has 0 aromatic heterocycles. The third kappa shape index (κ3) is 9.26. The summed E-state index contributed by atoms with van der Waals surface area (Å²) in [6, 6.07) is 26.0.